The van der Waals surface area contributed by atoms with Crippen LogP contribution in [-0.4, -0.2) is 11.1 Å². The molecule has 0 saturated heterocycles. The fourth-order valence-electron chi connectivity index (χ4n) is 1.82. The highest BCUT2D eigenvalue weighted by molar-refractivity contribution is 5.66. The molecule has 1 N–H and O–H groups in total. The Morgan fingerprint density at radius 3 is 2.41 bits per heavy atom. The van der Waals surface area contributed by atoms with Gasteiger partial charge in [-0.3, -0.25) is 4.79 Å². The van der Waals surface area contributed by atoms with Crippen molar-refractivity contribution in [2.45, 2.75) is 59.8 Å². The lowest BCUT2D eigenvalue weighted by atomic mass is 9.99. The minimum Gasteiger partial charge on any atom is -0.481 e. The van der Waals surface area contributed by atoms with Gasteiger partial charge in [-0.1, -0.05) is 30.2 Å². The first kappa shape index (κ1) is 16.0. The van der Waals surface area contributed by atoms with Crippen LogP contribution >= 0.6 is 0 Å². The van der Waals surface area contributed by atoms with E-state index in [1.807, 2.05) is 0 Å². The number of rotatable bonds is 8. The molecule has 0 rings (SSSR count). The molecule has 17 heavy (non-hydrogen) atoms. The molecule has 0 aromatic rings. The predicted octanol–water partition coefficient (Wildman–Crippen LogP) is 4.57. The number of carboxylic acids is 1. The highest BCUT2D eigenvalue weighted by Crippen LogP contribution is 2.15. The second-order valence-corrected chi connectivity index (χ2v) is 5.10. The maximum Gasteiger partial charge on any atom is 0.303 e. The minimum atomic E-state index is -0.693. The summed E-state index contributed by atoms with van der Waals surface area (Å²) in [6.07, 6.45) is 8.77. The van der Waals surface area contributed by atoms with Crippen molar-refractivity contribution in [3.63, 3.8) is 0 Å². The molecule has 0 amide bonds. The van der Waals surface area contributed by atoms with E-state index in [4.69, 9.17) is 5.11 Å². The first-order chi connectivity index (χ1) is 7.91. The van der Waals surface area contributed by atoms with Crippen LogP contribution in [0.25, 0.3) is 0 Å². The average molecular weight is 238 g/mol. The third kappa shape index (κ3) is 11.2. The Labute approximate surface area is 105 Å². The zero-order valence-corrected chi connectivity index (χ0v) is 11.6. The number of aliphatic carboxylic acids is 1. The molecule has 0 radical (unpaired) electrons. The summed E-state index contributed by atoms with van der Waals surface area (Å²) in [5, 5.41) is 8.55. The fourth-order valence-corrected chi connectivity index (χ4v) is 1.82. The van der Waals surface area contributed by atoms with E-state index in [0.717, 1.165) is 25.7 Å². The third-order valence-corrected chi connectivity index (χ3v) is 2.71. The van der Waals surface area contributed by atoms with E-state index in [1.165, 1.54) is 11.1 Å². The molecule has 0 aliphatic carbocycles. The Hall–Kier alpha value is -1.05. The molecule has 0 aromatic carbocycles. The second kappa shape index (κ2) is 9.03. The molecule has 0 bridgehead atoms. The predicted molar refractivity (Wildman–Crippen MR) is 73.1 cm³/mol. The molecule has 0 aromatic heterocycles. The molecular formula is C15H26O2. The van der Waals surface area contributed by atoms with Gasteiger partial charge in [0.15, 0.2) is 0 Å². The molecule has 2 heteroatoms. The van der Waals surface area contributed by atoms with Crippen LogP contribution in [0, 0.1) is 5.92 Å². The summed E-state index contributed by atoms with van der Waals surface area (Å²) in [6.45, 7) is 8.56. The Kier molecular flexibility index (Phi) is 8.47. The normalized spacial score (nSPS) is 13.3. The van der Waals surface area contributed by atoms with E-state index in [2.05, 4.69) is 39.8 Å². The van der Waals surface area contributed by atoms with Gasteiger partial charge in [0, 0.05) is 6.42 Å². The van der Waals surface area contributed by atoms with Gasteiger partial charge in [-0.05, 0) is 52.4 Å². The summed E-state index contributed by atoms with van der Waals surface area (Å²) in [6, 6.07) is 0. The highest BCUT2D eigenvalue weighted by atomic mass is 16.4. The van der Waals surface area contributed by atoms with Crippen molar-refractivity contribution in [2.75, 3.05) is 0 Å². The molecule has 0 spiro atoms. The van der Waals surface area contributed by atoms with E-state index < -0.39 is 5.97 Å². The Bertz CT molecular complexity index is 283. The van der Waals surface area contributed by atoms with Gasteiger partial charge in [0.25, 0.3) is 0 Å². The van der Waals surface area contributed by atoms with Crippen LogP contribution in [0.3, 0.4) is 0 Å². The van der Waals surface area contributed by atoms with Crippen molar-refractivity contribution in [1.82, 2.24) is 0 Å². The van der Waals surface area contributed by atoms with E-state index in [1.54, 1.807) is 0 Å². The first-order valence-corrected chi connectivity index (χ1v) is 6.44. The van der Waals surface area contributed by atoms with Gasteiger partial charge < -0.3 is 5.11 Å². The van der Waals surface area contributed by atoms with E-state index in [-0.39, 0.29) is 6.42 Å². The van der Waals surface area contributed by atoms with Crippen LogP contribution in [-0.2, 0) is 4.79 Å². The lowest BCUT2D eigenvalue weighted by Crippen LogP contribution is -1.97. The highest BCUT2D eigenvalue weighted by Gasteiger charge is 2.02. The van der Waals surface area contributed by atoms with Crippen molar-refractivity contribution in [1.29, 1.82) is 0 Å². The van der Waals surface area contributed by atoms with E-state index in [0.29, 0.717) is 5.92 Å². The molecule has 0 heterocycles. The van der Waals surface area contributed by atoms with Crippen LogP contribution in [0.4, 0.5) is 0 Å². The lowest BCUT2D eigenvalue weighted by molar-refractivity contribution is -0.137. The van der Waals surface area contributed by atoms with Crippen LogP contribution in [0.15, 0.2) is 23.3 Å². The number of allylic oxidation sites excluding steroid dienone is 4. The maximum absolute atomic E-state index is 10.4. The van der Waals surface area contributed by atoms with Gasteiger partial charge in [0.2, 0.25) is 0 Å². The summed E-state index contributed by atoms with van der Waals surface area (Å²) >= 11 is 0. The number of carbonyl (C=O) groups is 1. The second-order valence-electron chi connectivity index (χ2n) is 5.10. The average Bonchev–Trinajstić information content (AvgIpc) is 2.15. The fraction of sp³-hybridized carbons (Fsp3) is 0.667. The van der Waals surface area contributed by atoms with Crippen molar-refractivity contribution >= 4 is 5.97 Å². The van der Waals surface area contributed by atoms with Crippen LogP contribution < -0.4 is 0 Å². The Balaban J connectivity index is 3.85. The zero-order valence-electron chi connectivity index (χ0n) is 11.6. The molecule has 0 saturated carbocycles. The van der Waals surface area contributed by atoms with Gasteiger partial charge in [0.05, 0.1) is 0 Å². The van der Waals surface area contributed by atoms with Gasteiger partial charge in [-0.15, -0.1) is 0 Å². The molecule has 0 fully saturated rings. The number of hydrogen-bond acceptors (Lipinski definition) is 1. The summed E-state index contributed by atoms with van der Waals surface area (Å²) < 4.78 is 0. The van der Waals surface area contributed by atoms with E-state index in [9.17, 15) is 4.79 Å². The quantitative estimate of drug-likeness (QED) is 0.629. The smallest absolute Gasteiger partial charge is 0.303 e. The topological polar surface area (TPSA) is 37.3 Å². The minimum absolute atomic E-state index is 0.287. The summed E-state index contributed by atoms with van der Waals surface area (Å²) in [5.41, 5.74) is 2.78. The van der Waals surface area contributed by atoms with E-state index >= 15 is 0 Å². The monoisotopic (exact) mass is 238 g/mol. The van der Waals surface area contributed by atoms with Crippen molar-refractivity contribution in [3.8, 4) is 0 Å². The third-order valence-electron chi connectivity index (χ3n) is 2.71. The molecule has 0 aliphatic heterocycles. The molecule has 2 nitrogen and oxygen atoms in total. The molecule has 98 valence electrons. The van der Waals surface area contributed by atoms with Crippen LogP contribution in [0.1, 0.15) is 59.8 Å². The van der Waals surface area contributed by atoms with Crippen molar-refractivity contribution < 1.29 is 9.90 Å². The van der Waals surface area contributed by atoms with Crippen LogP contribution in [0.5, 0.6) is 0 Å². The van der Waals surface area contributed by atoms with Gasteiger partial charge in [0.1, 0.15) is 0 Å². The van der Waals surface area contributed by atoms with Crippen molar-refractivity contribution in [3.05, 3.63) is 23.3 Å². The van der Waals surface area contributed by atoms with Gasteiger partial charge >= 0.3 is 5.97 Å². The Morgan fingerprint density at radius 1 is 1.24 bits per heavy atom. The zero-order chi connectivity index (χ0) is 13.3. The maximum atomic E-state index is 10.4. The first-order valence-electron chi connectivity index (χ1n) is 6.44. The van der Waals surface area contributed by atoms with Gasteiger partial charge in [-0.2, -0.15) is 0 Å². The molecular weight excluding hydrogens is 212 g/mol. The van der Waals surface area contributed by atoms with Gasteiger partial charge in [-0.25, -0.2) is 0 Å². The summed E-state index contributed by atoms with van der Waals surface area (Å²) in [5.74, 6) is -0.206. The largest absolute Gasteiger partial charge is 0.481 e. The molecule has 1 unspecified atom stereocenters. The molecule has 0 aliphatic rings. The summed E-state index contributed by atoms with van der Waals surface area (Å²) in [7, 11) is 0. The SMILES string of the molecule is CC(C)=CCCC(C)=CC(C)CCCC(=O)O. The molecule has 1 atom stereocenters. The van der Waals surface area contributed by atoms with Crippen molar-refractivity contribution in [2.24, 2.45) is 5.92 Å². The summed E-state index contributed by atoms with van der Waals surface area (Å²) in [4.78, 5) is 10.4. The lowest BCUT2D eigenvalue weighted by Gasteiger charge is -2.07. The number of hydrogen-bond donors (Lipinski definition) is 1. The Morgan fingerprint density at radius 2 is 1.88 bits per heavy atom. The van der Waals surface area contributed by atoms with Crippen LogP contribution in [0.2, 0.25) is 0 Å². The number of carboxylic acid groups (broad SMARTS) is 1. The standard InChI is InChI=1S/C15H26O2/c1-12(2)7-5-8-13(3)11-14(4)9-6-10-15(16)17/h7,11,14H,5-6,8-10H2,1-4H3,(H,16,17).